The number of alkyl halides is 3. The van der Waals surface area contributed by atoms with Crippen molar-refractivity contribution in [2.24, 2.45) is 0 Å². The third-order valence-corrected chi connectivity index (χ3v) is 4.25. The Bertz CT molecular complexity index is 981. The van der Waals surface area contributed by atoms with Crippen LogP contribution in [0.1, 0.15) is 27.3 Å². The van der Waals surface area contributed by atoms with Crippen molar-refractivity contribution in [3.63, 3.8) is 0 Å². The van der Waals surface area contributed by atoms with Crippen LogP contribution in [0.5, 0.6) is 11.5 Å². The highest BCUT2D eigenvalue weighted by atomic mass is 19.4. The van der Waals surface area contributed by atoms with E-state index in [9.17, 15) is 23.2 Å². The fraction of sp³-hybridized carbons (Fsp3) is 0.263. The van der Waals surface area contributed by atoms with Gasteiger partial charge in [-0.25, -0.2) is 0 Å². The summed E-state index contributed by atoms with van der Waals surface area (Å²) >= 11 is 0. The van der Waals surface area contributed by atoms with Crippen LogP contribution in [-0.2, 0) is 6.54 Å². The van der Waals surface area contributed by atoms with Crippen molar-refractivity contribution in [2.75, 3.05) is 6.79 Å². The lowest BCUT2D eigenvalue weighted by Gasteiger charge is -2.12. The zero-order valence-corrected chi connectivity index (χ0v) is 14.6. The minimum absolute atomic E-state index is 0.0363. The lowest BCUT2D eigenvalue weighted by atomic mass is 10.0. The maximum atomic E-state index is 12.8. The average molecular weight is 376 g/mol. The molecule has 0 spiro atoms. The van der Waals surface area contributed by atoms with E-state index in [2.05, 4.69) is 0 Å². The summed E-state index contributed by atoms with van der Waals surface area (Å²) in [5.74, 6) is 0.271. The molecule has 0 amide bonds. The van der Waals surface area contributed by atoms with Crippen LogP contribution >= 0.6 is 0 Å². The van der Waals surface area contributed by atoms with Crippen molar-refractivity contribution in [3.8, 4) is 17.6 Å². The number of fused-ring (bicyclic) bond motifs is 1. The fourth-order valence-electron chi connectivity index (χ4n) is 2.97. The lowest BCUT2D eigenvalue weighted by Crippen LogP contribution is -2.19. The molecule has 1 aliphatic rings. The van der Waals surface area contributed by atoms with E-state index in [0.29, 0.717) is 22.8 Å². The summed E-state index contributed by atoms with van der Waals surface area (Å²) in [7, 11) is 0. The molecule has 0 saturated carbocycles. The van der Waals surface area contributed by atoms with Gasteiger partial charge in [0, 0.05) is 22.5 Å². The van der Waals surface area contributed by atoms with Gasteiger partial charge in [-0.2, -0.15) is 18.4 Å². The van der Waals surface area contributed by atoms with Gasteiger partial charge in [0.25, 0.3) is 0 Å². The number of para-hydroxylation sites is 1. The third-order valence-electron chi connectivity index (χ3n) is 4.25. The first-order chi connectivity index (χ1) is 12.7. The van der Waals surface area contributed by atoms with Gasteiger partial charge < -0.3 is 14.0 Å². The fourth-order valence-corrected chi connectivity index (χ4v) is 2.97. The van der Waals surface area contributed by atoms with Crippen LogP contribution in [0.15, 0.2) is 29.8 Å². The minimum Gasteiger partial charge on any atom is -0.454 e. The van der Waals surface area contributed by atoms with E-state index in [4.69, 9.17) is 9.47 Å². The molecule has 0 unspecified atom stereocenters. The molecule has 0 radical (unpaired) electrons. The van der Waals surface area contributed by atoms with E-state index in [1.165, 1.54) is 26.0 Å². The number of ketones is 1. The monoisotopic (exact) mass is 376 g/mol. The van der Waals surface area contributed by atoms with Crippen molar-refractivity contribution in [1.82, 2.24) is 4.57 Å². The van der Waals surface area contributed by atoms with Crippen LogP contribution in [0.3, 0.4) is 0 Å². The van der Waals surface area contributed by atoms with E-state index < -0.39 is 18.5 Å². The van der Waals surface area contributed by atoms with Crippen LogP contribution in [-0.4, -0.2) is 23.3 Å². The molecule has 5 nitrogen and oxygen atoms in total. The average Bonchev–Trinajstić information content (AvgIpc) is 3.18. The Morgan fingerprint density at radius 2 is 2.07 bits per heavy atom. The molecule has 8 heteroatoms. The second kappa shape index (κ2) is 6.83. The molecule has 140 valence electrons. The summed E-state index contributed by atoms with van der Waals surface area (Å²) in [6.45, 7) is 1.76. The van der Waals surface area contributed by atoms with Gasteiger partial charge in [0.05, 0.1) is 0 Å². The van der Waals surface area contributed by atoms with Crippen LogP contribution in [0, 0.1) is 25.2 Å². The van der Waals surface area contributed by atoms with E-state index in [0.717, 1.165) is 4.57 Å². The molecule has 27 heavy (non-hydrogen) atoms. The molecular formula is C19H15F3N2O3. The smallest absolute Gasteiger partial charge is 0.406 e. The number of halogens is 3. The Morgan fingerprint density at radius 1 is 1.33 bits per heavy atom. The first kappa shape index (κ1) is 18.6. The van der Waals surface area contributed by atoms with E-state index in [1.807, 2.05) is 6.07 Å². The quantitative estimate of drug-likeness (QED) is 0.456. The van der Waals surface area contributed by atoms with Crippen molar-refractivity contribution in [2.45, 2.75) is 26.6 Å². The number of nitrogens with zero attached hydrogens (tertiary/aromatic N) is 2. The standard InChI is InChI=1S/C19H15F3N2O3/c1-11-6-15(12(2)24(11)9-19(20,21)22)17(25)14(8-23)7-13-4-3-5-16-18(13)27-10-26-16/h3-7H,9-10H2,1-2H3. The van der Waals surface area contributed by atoms with Gasteiger partial charge in [-0.3, -0.25) is 4.79 Å². The van der Waals surface area contributed by atoms with Gasteiger partial charge in [-0.05, 0) is 32.1 Å². The van der Waals surface area contributed by atoms with Gasteiger partial charge in [0.1, 0.15) is 18.2 Å². The number of benzene rings is 1. The number of aromatic nitrogens is 1. The number of rotatable bonds is 4. The molecule has 2 aromatic rings. The predicted molar refractivity (Wildman–Crippen MR) is 90.4 cm³/mol. The number of nitriles is 1. The number of allylic oxidation sites excluding steroid dienone is 1. The number of aryl methyl sites for hydroxylation is 1. The Labute approximate surface area is 153 Å². The summed E-state index contributed by atoms with van der Waals surface area (Å²) in [5, 5.41) is 9.42. The van der Waals surface area contributed by atoms with Crippen molar-refractivity contribution < 1.29 is 27.4 Å². The second-order valence-corrected chi connectivity index (χ2v) is 6.07. The molecule has 3 rings (SSSR count). The van der Waals surface area contributed by atoms with Crippen LogP contribution in [0.2, 0.25) is 0 Å². The molecule has 0 saturated heterocycles. The Kier molecular flexibility index (Phi) is 4.70. The van der Waals surface area contributed by atoms with Crippen LogP contribution in [0.25, 0.3) is 6.08 Å². The maximum absolute atomic E-state index is 12.8. The first-order valence-electron chi connectivity index (χ1n) is 8.00. The van der Waals surface area contributed by atoms with Gasteiger partial charge in [-0.1, -0.05) is 12.1 Å². The minimum atomic E-state index is -4.41. The van der Waals surface area contributed by atoms with Gasteiger partial charge in [0.15, 0.2) is 11.5 Å². The van der Waals surface area contributed by atoms with Crippen LogP contribution < -0.4 is 9.47 Å². The van der Waals surface area contributed by atoms with Crippen LogP contribution in [0.4, 0.5) is 13.2 Å². The Morgan fingerprint density at radius 3 is 2.74 bits per heavy atom. The van der Waals surface area contributed by atoms with Crippen molar-refractivity contribution >= 4 is 11.9 Å². The van der Waals surface area contributed by atoms with E-state index >= 15 is 0 Å². The number of Topliss-reactive ketones (excluding diaryl/α,β-unsaturated/α-hetero) is 1. The molecule has 0 aliphatic carbocycles. The number of carbonyl (C=O) groups is 1. The topological polar surface area (TPSA) is 64.2 Å². The van der Waals surface area contributed by atoms with Gasteiger partial charge in [0.2, 0.25) is 12.6 Å². The third kappa shape index (κ3) is 3.67. The molecule has 0 N–H and O–H groups in total. The molecule has 2 heterocycles. The molecular weight excluding hydrogens is 361 g/mol. The summed E-state index contributed by atoms with van der Waals surface area (Å²) in [4.78, 5) is 12.8. The highest BCUT2D eigenvalue weighted by Crippen LogP contribution is 2.36. The summed E-state index contributed by atoms with van der Waals surface area (Å²) in [6, 6.07) is 8.23. The van der Waals surface area contributed by atoms with E-state index in [1.54, 1.807) is 18.2 Å². The van der Waals surface area contributed by atoms with Crippen molar-refractivity contribution in [3.05, 3.63) is 52.4 Å². The molecule has 1 aromatic carbocycles. The zero-order valence-electron chi connectivity index (χ0n) is 14.6. The first-order valence-corrected chi connectivity index (χ1v) is 8.00. The number of hydrogen-bond donors (Lipinski definition) is 0. The molecule has 1 aliphatic heterocycles. The van der Waals surface area contributed by atoms with Gasteiger partial charge >= 0.3 is 6.18 Å². The zero-order chi connectivity index (χ0) is 19.8. The largest absolute Gasteiger partial charge is 0.454 e. The van der Waals surface area contributed by atoms with Gasteiger partial charge in [-0.15, -0.1) is 0 Å². The molecule has 1 aromatic heterocycles. The highest BCUT2D eigenvalue weighted by Gasteiger charge is 2.31. The van der Waals surface area contributed by atoms with Crippen molar-refractivity contribution in [1.29, 1.82) is 5.26 Å². The predicted octanol–water partition coefficient (Wildman–Crippen LogP) is 4.19. The molecule has 0 atom stereocenters. The SMILES string of the molecule is Cc1cc(C(=O)C(C#N)=Cc2cccc3c2OCO3)c(C)n1CC(F)(F)F. The lowest BCUT2D eigenvalue weighted by molar-refractivity contribution is -0.141. The number of hydrogen-bond acceptors (Lipinski definition) is 4. The summed E-state index contributed by atoms with van der Waals surface area (Å²) in [6.07, 6.45) is -3.06. The summed E-state index contributed by atoms with van der Waals surface area (Å²) < 4.78 is 49.9. The maximum Gasteiger partial charge on any atom is 0.406 e. The number of carbonyl (C=O) groups excluding carboxylic acids is 1. The normalized spacial score (nSPS) is 13.6. The summed E-state index contributed by atoms with van der Waals surface area (Å²) in [5.41, 5.74) is 0.802. The van der Waals surface area contributed by atoms with E-state index in [-0.39, 0.29) is 23.6 Å². The number of ether oxygens (including phenoxy) is 2. The second-order valence-electron chi connectivity index (χ2n) is 6.07. The molecule has 0 fully saturated rings. The Balaban J connectivity index is 1.99. The molecule has 0 bridgehead atoms. The Hall–Kier alpha value is -3.21. The highest BCUT2D eigenvalue weighted by molar-refractivity contribution is 6.15.